The van der Waals surface area contributed by atoms with E-state index in [9.17, 15) is 9.13 Å². The molecular formula is C12H25N3O6P2. The molecule has 1 aromatic rings. The third-order valence-electron chi connectivity index (χ3n) is 2.60. The number of H-pyrrole nitrogens is 1. The molecular weight excluding hydrogens is 344 g/mol. The number of aromatic amines is 1. The van der Waals surface area contributed by atoms with E-state index in [0.717, 1.165) is 0 Å². The number of aromatic nitrogens is 2. The topological polar surface area (TPSA) is 112 Å². The van der Waals surface area contributed by atoms with Crippen molar-refractivity contribution in [2.45, 2.75) is 33.2 Å². The summed E-state index contributed by atoms with van der Waals surface area (Å²) in [5, 5.41) is 2.79. The minimum absolute atomic E-state index is 0.117. The first-order valence-electron chi connectivity index (χ1n) is 7.49. The second-order valence-electron chi connectivity index (χ2n) is 4.21. The molecule has 0 aromatic carbocycles. The van der Waals surface area contributed by atoms with Crippen LogP contribution >= 0.6 is 15.2 Å². The Morgan fingerprint density at radius 1 is 1.00 bits per heavy atom. The predicted molar refractivity (Wildman–Crippen MR) is 87.7 cm³/mol. The molecule has 0 amide bonds. The zero-order chi connectivity index (χ0) is 17.3. The van der Waals surface area contributed by atoms with Gasteiger partial charge in [0, 0.05) is 12.4 Å². The standard InChI is InChI=1S/C12H25N3O6P2/c1-5-18-22(16,19-6-2)12(15-11-13-9-10-14-11)23(17,20-7-3)21-8-4/h9-10,12H,5-8H2,1-4H3,(H2,13,14,15). The van der Waals surface area contributed by atoms with Gasteiger partial charge in [0.1, 0.15) is 0 Å². The van der Waals surface area contributed by atoms with Gasteiger partial charge in [0.15, 0.2) is 0 Å². The van der Waals surface area contributed by atoms with Crippen LogP contribution in [-0.2, 0) is 27.2 Å². The number of hydrogen-bond acceptors (Lipinski definition) is 8. The van der Waals surface area contributed by atoms with Gasteiger partial charge in [-0.25, -0.2) is 4.98 Å². The first-order chi connectivity index (χ1) is 11.0. The molecule has 0 saturated heterocycles. The van der Waals surface area contributed by atoms with Gasteiger partial charge < -0.3 is 28.4 Å². The fraction of sp³-hybridized carbons (Fsp3) is 0.750. The summed E-state index contributed by atoms with van der Waals surface area (Å²) in [6.45, 7) is 7.14. The Balaban J connectivity index is 3.27. The van der Waals surface area contributed by atoms with Crippen molar-refractivity contribution >= 4 is 21.1 Å². The van der Waals surface area contributed by atoms with Crippen molar-refractivity contribution in [1.29, 1.82) is 0 Å². The van der Waals surface area contributed by atoms with Gasteiger partial charge in [-0.1, -0.05) is 0 Å². The van der Waals surface area contributed by atoms with Crippen LogP contribution in [0.1, 0.15) is 27.7 Å². The van der Waals surface area contributed by atoms with Crippen LogP contribution in [0.5, 0.6) is 0 Å². The Morgan fingerprint density at radius 2 is 1.43 bits per heavy atom. The Labute approximate surface area is 136 Å². The molecule has 23 heavy (non-hydrogen) atoms. The largest absolute Gasteiger partial charge is 0.365 e. The van der Waals surface area contributed by atoms with Crippen molar-refractivity contribution in [3.63, 3.8) is 0 Å². The van der Waals surface area contributed by atoms with Gasteiger partial charge in [0.25, 0.3) is 0 Å². The summed E-state index contributed by atoms with van der Waals surface area (Å²) in [6.07, 6.45) is 3.07. The zero-order valence-corrected chi connectivity index (χ0v) is 15.6. The number of nitrogens with one attached hydrogen (secondary N) is 2. The summed E-state index contributed by atoms with van der Waals surface area (Å²) in [5.41, 5.74) is -1.33. The molecule has 0 bridgehead atoms. The predicted octanol–water partition coefficient (Wildman–Crippen LogP) is 3.64. The highest BCUT2D eigenvalue weighted by atomic mass is 31.2. The van der Waals surface area contributed by atoms with Crippen LogP contribution < -0.4 is 5.32 Å². The van der Waals surface area contributed by atoms with E-state index in [1.165, 1.54) is 6.20 Å². The molecule has 0 spiro atoms. The minimum atomic E-state index is -3.84. The maximum atomic E-state index is 13.2. The summed E-state index contributed by atoms with van der Waals surface area (Å²) in [4.78, 5) is 6.79. The Kier molecular flexibility index (Phi) is 8.47. The van der Waals surface area contributed by atoms with Gasteiger partial charge >= 0.3 is 15.2 Å². The van der Waals surface area contributed by atoms with Crippen LogP contribution in [0.15, 0.2) is 12.4 Å². The van der Waals surface area contributed by atoms with Crippen LogP contribution in [0.3, 0.4) is 0 Å². The second kappa shape index (κ2) is 9.57. The summed E-state index contributed by atoms with van der Waals surface area (Å²) < 4.78 is 47.6. The molecule has 0 aliphatic heterocycles. The van der Waals surface area contributed by atoms with Crippen LogP contribution in [-0.4, -0.2) is 41.9 Å². The monoisotopic (exact) mass is 369 g/mol. The van der Waals surface area contributed by atoms with Gasteiger partial charge in [0.2, 0.25) is 11.5 Å². The normalized spacial score (nSPS) is 12.7. The fourth-order valence-electron chi connectivity index (χ4n) is 1.87. The molecule has 2 N–H and O–H groups in total. The van der Waals surface area contributed by atoms with Crippen LogP contribution in [0.4, 0.5) is 5.95 Å². The second-order valence-corrected chi connectivity index (χ2v) is 8.84. The van der Waals surface area contributed by atoms with Crippen LogP contribution in [0.25, 0.3) is 0 Å². The number of hydrogen-bond donors (Lipinski definition) is 2. The quantitative estimate of drug-likeness (QED) is 0.537. The Morgan fingerprint density at radius 3 is 1.74 bits per heavy atom. The fourth-order valence-corrected chi connectivity index (χ4v) is 6.77. The smallest absolute Gasteiger partial charge is 0.332 e. The minimum Gasteiger partial charge on any atom is -0.332 e. The van der Waals surface area contributed by atoms with E-state index in [0.29, 0.717) is 0 Å². The SMILES string of the molecule is CCOP(=O)(OCC)C(Nc1ncc[nH]1)P(=O)(OCC)OCC. The summed E-state index contributed by atoms with van der Waals surface area (Å²) >= 11 is 0. The number of imidazole rings is 1. The number of anilines is 1. The molecule has 0 atom stereocenters. The maximum absolute atomic E-state index is 13.2. The molecule has 0 radical (unpaired) electrons. The lowest BCUT2D eigenvalue weighted by molar-refractivity contribution is 0.198. The molecule has 11 heteroatoms. The average Bonchev–Trinajstić information content (AvgIpc) is 2.98. The molecule has 0 aliphatic rings. The van der Waals surface area contributed by atoms with E-state index in [1.54, 1.807) is 33.9 Å². The third kappa shape index (κ3) is 5.41. The molecule has 1 aromatic heterocycles. The summed E-state index contributed by atoms with van der Waals surface area (Å²) in [5.74, 6) is 0.259. The average molecular weight is 369 g/mol. The molecule has 134 valence electrons. The molecule has 0 aliphatic carbocycles. The van der Waals surface area contributed by atoms with E-state index in [4.69, 9.17) is 18.1 Å². The Hall–Kier alpha value is -0.690. The molecule has 0 unspecified atom stereocenters. The van der Waals surface area contributed by atoms with Gasteiger partial charge in [-0.3, -0.25) is 9.13 Å². The molecule has 0 saturated carbocycles. The van der Waals surface area contributed by atoms with Gasteiger partial charge in [-0.05, 0) is 27.7 Å². The van der Waals surface area contributed by atoms with Crippen molar-refractivity contribution in [2.24, 2.45) is 0 Å². The van der Waals surface area contributed by atoms with Crippen molar-refractivity contribution in [3.05, 3.63) is 12.4 Å². The van der Waals surface area contributed by atoms with E-state index < -0.39 is 20.7 Å². The van der Waals surface area contributed by atoms with Crippen molar-refractivity contribution in [1.82, 2.24) is 9.97 Å². The van der Waals surface area contributed by atoms with Crippen molar-refractivity contribution in [2.75, 3.05) is 31.7 Å². The van der Waals surface area contributed by atoms with Gasteiger partial charge in [0.05, 0.1) is 26.4 Å². The van der Waals surface area contributed by atoms with E-state index >= 15 is 0 Å². The lowest BCUT2D eigenvalue weighted by atomic mass is 10.9. The maximum Gasteiger partial charge on any atom is 0.365 e. The van der Waals surface area contributed by atoms with Crippen molar-refractivity contribution in [3.8, 4) is 0 Å². The molecule has 1 rings (SSSR count). The summed E-state index contributed by atoms with van der Waals surface area (Å²) in [7, 11) is -7.67. The van der Waals surface area contributed by atoms with Crippen molar-refractivity contribution < 1.29 is 27.2 Å². The lowest BCUT2D eigenvalue weighted by Gasteiger charge is -2.31. The van der Waals surface area contributed by atoms with E-state index in [2.05, 4.69) is 15.3 Å². The van der Waals surface area contributed by atoms with Crippen LogP contribution in [0, 0.1) is 0 Å². The van der Waals surface area contributed by atoms with Gasteiger partial charge in [-0.2, -0.15) is 0 Å². The third-order valence-corrected chi connectivity index (χ3v) is 8.23. The first kappa shape index (κ1) is 20.4. The Bertz CT molecular complexity index is 489. The highest BCUT2D eigenvalue weighted by molar-refractivity contribution is 7.72. The van der Waals surface area contributed by atoms with Crippen LogP contribution in [0.2, 0.25) is 0 Å². The zero-order valence-electron chi connectivity index (χ0n) is 13.9. The lowest BCUT2D eigenvalue weighted by Crippen LogP contribution is -2.26. The van der Waals surface area contributed by atoms with E-state index in [-0.39, 0.29) is 32.4 Å². The molecule has 9 nitrogen and oxygen atoms in total. The first-order valence-corrected chi connectivity index (χ1v) is 10.7. The number of nitrogens with zero attached hydrogens (tertiary/aromatic N) is 1. The highest BCUT2D eigenvalue weighted by Gasteiger charge is 2.51. The molecule has 1 heterocycles. The van der Waals surface area contributed by atoms with Gasteiger partial charge in [-0.15, -0.1) is 0 Å². The summed E-state index contributed by atoms with van der Waals surface area (Å²) in [6, 6.07) is 0. The van der Waals surface area contributed by atoms with E-state index in [1.807, 2.05) is 0 Å². The number of rotatable bonds is 12. The molecule has 0 fully saturated rings. The highest BCUT2D eigenvalue weighted by Crippen LogP contribution is 2.69.